The van der Waals surface area contributed by atoms with Gasteiger partial charge in [0.05, 0.1) is 0 Å². The van der Waals surface area contributed by atoms with Crippen molar-refractivity contribution in [3.8, 4) is 0 Å². The summed E-state index contributed by atoms with van der Waals surface area (Å²) in [4.78, 5) is 0. The number of hydrogen-bond donors (Lipinski definition) is 2. The molecule has 19 heavy (non-hydrogen) atoms. The molecular formula is C17H36N2. The lowest BCUT2D eigenvalue weighted by Crippen LogP contribution is -2.42. The second kappa shape index (κ2) is 10.7. The molecule has 1 saturated carbocycles. The normalized spacial score (nSPS) is 24.0. The fourth-order valence-corrected chi connectivity index (χ4v) is 3.21. The van der Waals surface area contributed by atoms with Gasteiger partial charge in [-0.25, -0.2) is 0 Å². The maximum Gasteiger partial charge on any atom is 0.00708 e. The van der Waals surface area contributed by atoms with Gasteiger partial charge in [-0.15, -0.1) is 0 Å². The molecular weight excluding hydrogens is 232 g/mol. The highest BCUT2D eigenvalue weighted by atomic mass is 15.0. The standard InChI is InChI=1S/C17H36N2/c1-3-5-7-9-16(10-8-6-4-2)19-17-13-11-15(18)12-14-17/h15-17,19H,3-14,18H2,1-2H3. The maximum atomic E-state index is 6.00. The Morgan fingerprint density at radius 3 is 1.89 bits per heavy atom. The summed E-state index contributed by atoms with van der Waals surface area (Å²) >= 11 is 0. The minimum Gasteiger partial charge on any atom is -0.328 e. The molecule has 0 heterocycles. The smallest absolute Gasteiger partial charge is 0.00708 e. The van der Waals surface area contributed by atoms with Gasteiger partial charge in [0.2, 0.25) is 0 Å². The zero-order valence-electron chi connectivity index (χ0n) is 13.3. The van der Waals surface area contributed by atoms with Crippen LogP contribution in [0.2, 0.25) is 0 Å². The molecule has 1 aliphatic rings. The number of rotatable bonds is 10. The summed E-state index contributed by atoms with van der Waals surface area (Å²) in [5.74, 6) is 0. The van der Waals surface area contributed by atoms with E-state index in [1.807, 2.05) is 0 Å². The third-order valence-corrected chi connectivity index (χ3v) is 4.56. The highest BCUT2D eigenvalue weighted by Gasteiger charge is 2.20. The average Bonchev–Trinajstić information content (AvgIpc) is 2.41. The molecule has 0 aromatic rings. The first kappa shape index (κ1) is 17.0. The van der Waals surface area contributed by atoms with Gasteiger partial charge in [-0.1, -0.05) is 52.4 Å². The molecule has 114 valence electrons. The van der Waals surface area contributed by atoms with Crippen LogP contribution in [0.15, 0.2) is 0 Å². The van der Waals surface area contributed by atoms with Crippen molar-refractivity contribution >= 4 is 0 Å². The van der Waals surface area contributed by atoms with Gasteiger partial charge in [-0.3, -0.25) is 0 Å². The van der Waals surface area contributed by atoms with Crippen molar-refractivity contribution in [3.63, 3.8) is 0 Å². The maximum absolute atomic E-state index is 6.00. The number of hydrogen-bond acceptors (Lipinski definition) is 2. The van der Waals surface area contributed by atoms with E-state index in [4.69, 9.17) is 5.73 Å². The van der Waals surface area contributed by atoms with Crippen LogP contribution in [0.4, 0.5) is 0 Å². The molecule has 0 amide bonds. The van der Waals surface area contributed by atoms with Gasteiger partial charge in [0.1, 0.15) is 0 Å². The van der Waals surface area contributed by atoms with Crippen LogP contribution in [0.25, 0.3) is 0 Å². The second-order valence-corrected chi connectivity index (χ2v) is 6.47. The first-order valence-corrected chi connectivity index (χ1v) is 8.77. The van der Waals surface area contributed by atoms with Crippen LogP contribution in [0.3, 0.4) is 0 Å². The van der Waals surface area contributed by atoms with E-state index in [0.717, 1.165) is 12.1 Å². The molecule has 0 spiro atoms. The van der Waals surface area contributed by atoms with Gasteiger partial charge in [0, 0.05) is 18.1 Å². The van der Waals surface area contributed by atoms with E-state index in [1.54, 1.807) is 0 Å². The van der Waals surface area contributed by atoms with Crippen LogP contribution in [-0.2, 0) is 0 Å². The quantitative estimate of drug-likeness (QED) is 0.577. The van der Waals surface area contributed by atoms with E-state index < -0.39 is 0 Å². The van der Waals surface area contributed by atoms with Crippen LogP contribution >= 0.6 is 0 Å². The fourth-order valence-electron chi connectivity index (χ4n) is 3.21. The van der Waals surface area contributed by atoms with Gasteiger partial charge in [0.25, 0.3) is 0 Å². The van der Waals surface area contributed by atoms with Gasteiger partial charge in [0.15, 0.2) is 0 Å². The first-order chi connectivity index (χ1) is 9.26. The van der Waals surface area contributed by atoms with Crippen LogP contribution in [0.1, 0.15) is 90.9 Å². The first-order valence-electron chi connectivity index (χ1n) is 8.77. The molecule has 1 rings (SSSR count). The Hall–Kier alpha value is -0.0800. The minimum atomic E-state index is 0.469. The summed E-state index contributed by atoms with van der Waals surface area (Å²) in [7, 11) is 0. The Morgan fingerprint density at radius 2 is 1.42 bits per heavy atom. The van der Waals surface area contributed by atoms with Crippen molar-refractivity contribution in [1.29, 1.82) is 0 Å². The Labute approximate surface area is 120 Å². The molecule has 0 aromatic heterocycles. The summed E-state index contributed by atoms with van der Waals surface area (Å²) in [6.07, 6.45) is 16.0. The van der Waals surface area contributed by atoms with Crippen molar-refractivity contribution in [2.24, 2.45) is 5.73 Å². The van der Waals surface area contributed by atoms with Gasteiger partial charge in [-0.2, -0.15) is 0 Å². The van der Waals surface area contributed by atoms with Crippen molar-refractivity contribution < 1.29 is 0 Å². The molecule has 2 nitrogen and oxygen atoms in total. The van der Waals surface area contributed by atoms with Crippen molar-refractivity contribution in [2.45, 2.75) is 109 Å². The summed E-state index contributed by atoms with van der Waals surface area (Å²) in [5, 5.41) is 3.94. The summed E-state index contributed by atoms with van der Waals surface area (Å²) in [6, 6.07) is 1.97. The number of nitrogens with one attached hydrogen (secondary N) is 1. The predicted octanol–water partition coefficient (Wildman–Crippen LogP) is 4.38. The molecule has 0 saturated heterocycles. The Kier molecular flexibility index (Phi) is 9.54. The lowest BCUT2D eigenvalue weighted by molar-refractivity contribution is 0.293. The van der Waals surface area contributed by atoms with Crippen LogP contribution in [0.5, 0.6) is 0 Å². The third-order valence-electron chi connectivity index (χ3n) is 4.56. The van der Waals surface area contributed by atoms with Gasteiger partial charge >= 0.3 is 0 Å². The summed E-state index contributed by atoms with van der Waals surface area (Å²) in [5.41, 5.74) is 6.00. The third kappa shape index (κ3) is 7.94. The van der Waals surface area contributed by atoms with E-state index in [-0.39, 0.29) is 0 Å². The summed E-state index contributed by atoms with van der Waals surface area (Å²) in [6.45, 7) is 4.59. The van der Waals surface area contributed by atoms with Crippen molar-refractivity contribution in [3.05, 3.63) is 0 Å². The van der Waals surface area contributed by atoms with E-state index in [2.05, 4.69) is 19.2 Å². The zero-order valence-corrected chi connectivity index (χ0v) is 13.3. The van der Waals surface area contributed by atoms with E-state index in [0.29, 0.717) is 6.04 Å². The fraction of sp³-hybridized carbons (Fsp3) is 1.00. The number of nitrogens with two attached hydrogens (primary N) is 1. The van der Waals surface area contributed by atoms with Crippen LogP contribution in [0, 0.1) is 0 Å². The SMILES string of the molecule is CCCCCC(CCCCC)NC1CCC(N)CC1. The van der Waals surface area contributed by atoms with Crippen LogP contribution < -0.4 is 11.1 Å². The van der Waals surface area contributed by atoms with Gasteiger partial charge < -0.3 is 11.1 Å². The monoisotopic (exact) mass is 268 g/mol. The predicted molar refractivity (Wildman–Crippen MR) is 85.4 cm³/mol. The molecule has 0 radical (unpaired) electrons. The highest BCUT2D eigenvalue weighted by Crippen LogP contribution is 2.20. The van der Waals surface area contributed by atoms with Crippen molar-refractivity contribution in [2.75, 3.05) is 0 Å². The Bertz CT molecular complexity index is 187. The Balaban J connectivity index is 2.25. The second-order valence-electron chi connectivity index (χ2n) is 6.47. The van der Waals surface area contributed by atoms with E-state index in [9.17, 15) is 0 Å². The molecule has 0 unspecified atom stereocenters. The molecule has 3 N–H and O–H groups in total. The molecule has 0 aliphatic heterocycles. The highest BCUT2D eigenvalue weighted by molar-refractivity contribution is 4.81. The van der Waals surface area contributed by atoms with E-state index in [1.165, 1.54) is 77.0 Å². The number of unbranched alkanes of at least 4 members (excludes halogenated alkanes) is 4. The summed E-state index contributed by atoms with van der Waals surface area (Å²) < 4.78 is 0. The minimum absolute atomic E-state index is 0.469. The molecule has 0 atom stereocenters. The lowest BCUT2D eigenvalue weighted by atomic mass is 9.90. The molecule has 0 aromatic carbocycles. The van der Waals surface area contributed by atoms with Crippen LogP contribution in [-0.4, -0.2) is 18.1 Å². The molecule has 0 bridgehead atoms. The topological polar surface area (TPSA) is 38.0 Å². The largest absolute Gasteiger partial charge is 0.328 e. The molecule has 1 fully saturated rings. The molecule has 2 heteroatoms. The Morgan fingerprint density at radius 1 is 0.895 bits per heavy atom. The van der Waals surface area contributed by atoms with Crippen molar-refractivity contribution in [1.82, 2.24) is 5.32 Å². The average molecular weight is 268 g/mol. The van der Waals surface area contributed by atoms with E-state index >= 15 is 0 Å². The molecule has 1 aliphatic carbocycles. The van der Waals surface area contributed by atoms with Gasteiger partial charge in [-0.05, 0) is 38.5 Å². The lowest BCUT2D eigenvalue weighted by Gasteiger charge is -2.31. The zero-order chi connectivity index (χ0) is 13.9.